The monoisotopic (exact) mass is 346 g/mol. The molecule has 0 bridgehead atoms. The van der Waals surface area contributed by atoms with Crippen molar-refractivity contribution < 1.29 is 9.53 Å². The number of amides is 2. The summed E-state index contributed by atoms with van der Waals surface area (Å²) in [5.41, 5.74) is 1.04. The van der Waals surface area contributed by atoms with Crippen LogP contribution in [0.4, 0.5) is 10.6 Å². The second kappa shape index (κ2) is 9.04. The van der Waals surface area contributed by atoms with Crippen LogP contribution in [0.2, 0.25) is 0 Å². The van der Waals surface area contributed by atoms with Crippen LogP contribution in [0.1, 0.15) is 38.2 Å². The lowest BCUT2D eigenvalue weighted by atomic mass is 10.1. The van der Waals surface area contributed by atoms with Crippen LogP contribution in [0.3, 0.4) is 0 Å². The molecule has 1 aromatic rings. The molecule has 2 fully saturated rings. The molecule has 2 aliphatic rings. The Bertz CT molecular complexity index is 537. The maximum Gasteiger partial charge on any atom is 0.317 e. The maximum atomic E-state index is 12.4. The molecular formula is C19H30N4O2. The summed E-state index contributed by atoms with van der Waals surface area (Å²) >= 11 is 0. The highest BCUT2D eigenvalue weighted by Gasteiger charge is 2.21. The van der Waals surface area contributed by atoms with E-state index in [1.807, 2.05) is 18.0 Å². The van der Waals surface area contributed by atoms with Crippen LogP contribution in [-0.2, 0) is 11.3 Å². The highest BCUT2D eigenvalue weighted by atomic mass is 16.5. The lowest BCUT2D eigenvalue weighted by molar-refractivity contribution is 0.166. The highest BCUT2D eigenvalue weighted by Crippen LogP contribution is 2.17. The minimum absolute atomic E-state index is 0.00509. The van der Waals surface area contributed by atoms with E-state index in [-0.39, 0.29) is 6.03 Å². The number of urea groups is 1. The lowest BCUT2D eigenvalue weighted by Crippen LogP contribution is -2.42. The first kappa shape index (κ1) is 18.0. The normalized spacial score (nSPS) is 20.5. The number of carbonyl (C=O) groups is 1. The summed E-state index contributed by atoms with van der Waals surface area (Å²) in [7, 11) is 0. The van der Waals surface area contributed by atoms with Gasteiger partial charge < -0.3 is 19.9 Å². The first-order valence-electron chi connectivity index (χ1n) is 9.56. The van der Waals surface area contributed by atoms with Gasteiger partial charge in [0.15, 0.2) is 0 Å². The fourth-order valence-electron chi connectivity index (χ4n) is 3.52. The van der Waals surface area contributed by atoms with Gasteiger partial charge in [-0.25, -0.2) is 9.78 Å². The van der Waals surface area contributed by atoms with Crippen molar-refractivity contribution in [3.8, 4) is 0 Å². The first-order valence-corrected chi connectivity index (χ1v) is 9.56. The first-order chi connectivity index (χ1) is 12.3. The van der Waals surface area contributed by atoms with Gasteiger partial charge in [0.25, 0.3) is 0 Å². The SMILES string of the molecule is CCN(C[C@H]1CCOC1)C(=O)NCc1ccc(N2CCCCC2)nc1. The zero-order valence-corrected chi connectivity index (χ0v) is 15.2. The number of anilines is 1. The van der Waals surface area contributed by atoms with Crippen molar-refractivity contribution in [2.24, 2.45) is 5.92 Å². The van der Waals surface area contributed by atoms with E-state index >= 15 is 0 Å². The molecule has 0 unspecified atom stereocenters. The van der Waals surface area contributed by atoms with Crippen LogP contribution in [0.25, 0.3) is 0 Å². The van der Waals surface area contributed by atoms with Crippen molar-refractivity contribution in [3.63, 3.8) is 0 Å². The van der Waals surface area contributed by atoms with Gasteiger partial charge in [-0.05, 0) is 44.2 Å². The Morgan fingerprint density at radius 3 is 2.84 bits per heavy atom. The molecule has 2 saturated heterocycles. The molecule has 1 N–H and O–H groups in total. The highest BCUT2D eigenvalue weighted by molar-refractivity contribution is 5.74. The van der Waals surface area contributed by atoms with Gasteiger partial charge in [-0.15, -0.1) is 0 Å². The van der Waals surface area contributed by atoms with Gasteiger partial charge in [0, 0.05) is 51.4 Å². The summed E-state index contributed by atoms with van der Waals surface area (Å²) in [5, 5.41) is 3.02. The Morgan fingerprint density at radius 1 is 1.36 bits per heavy atom. The molecule has 3 heterocycles. The molecule has 0 radical (unpaired) electrons. The smallest absolute Gasteiger partial charge is 0.317 e. The van der Waals surface area contributed by atoms with Gasteiger partial charge in [-0.2, -0.15) is 0 Å². The average molecular weight is 346 g/mol. The van der Waals surface area contributed by atoms with Gasteiger partial charge in [0.05, 0.1) is 6.61 Å². The topological polar surface area (TPSA) is 57.7 Å². The minimum atomic E-state index is -0.00509. The van der Waals surface area contributed by atoms with Crippen molar-refractivity contribution in [1.82, 2.24) is 15.2 Å². The molecule has 0 saturated carbocycles. The second-order valence-electron chi connectivity index (χ2n) is 7.00. The molecule has 2 aliphatic heterocycles. The number of rotatable bonds is 6. The molecule has 0 spiro atoms. The molecule has 6 heteroatoms. The summed E-state index contributed by atoms with van der Waals surface area (Å²) < 4.78 is 5.40. The van der Waals surface area contributed by atoms with Gasteiger partial charge in [0.1, 0.15) is 5.82 Å². The molecule has 2 amide bonds. The van der Waals surface area contributed by atoms with Crippen molar-refractivity contribution >= 4 is 11.8 Å². The van der Waals surface area contributed by atoms with Gasteiger partial charge in [0.2, 0.25) is 0 Å². The van der Waals surface area contributed by atoms with Gasteiger partial charge >= 0.3 is 6.03 Å². The van der Waals surface area contributed by atoms with E-state index < -0.39 is 0 Å². The Labute approximate surface area is 150 Å². The van der Waals surface area contributed by atoms with Crippen molar-refractivity contribution in [3.05, 3.63) is 23.9 Å². The molecule has 25 heavy (non-hydrogen) atoms. The second-order valence-corrected chi connectivity index (χ2v) is 7.00. The maximum absolute atomic E-state index is 12.4. The molecule has 1 aromatic heterocycles. The third kappa shape index (κ3) is 5.08. The van der Waals surface area contributed by atoms with Crippen LogP contribution in [0.15, 0.2) is 18.3 Å². The Morgan fingerprint density at radius 2 is 2.20 bits per heavy atom. The van der Waals surface area contributed by atoms with Crippen molar-refractivity contribution in [1.29, 1.82) is 0 Å². The van der Waals surface area contributed by atoms with Crippen LogP contribution < -0.4 is 10.2 Å². The van der Waals surface area contributed by atoms with Gasteiger partial charge in [-0.1, -0.05) is 6.07 Å². The number of nitrogens with zero attached hydrogens (tertiary/aromatic N) is 3. The molecule has 3 rings (SSSR count). The molecule has 1 atom stereocenters. The number of hydrogen-bond acceptors (Lipinski definition) is 4. The van der Waals surface area contributed by atoms with E-state index in [9.17, 15) is 4.79 Å². The van der Waals surface area contributed by atoms with Crippen LogP contribution in [0, 0.1) is 5.92 Å². The Kier molecular flexibility index (Phi) is 6.50. The zero-order chi connectivity index (χ0) is 17.5. The number of piperidine rings is 1. The zero-order valence-electron chi connectivity index (χ0n) is 15.2. The number of nitrogens with one attached hydrogen (secondary N) is 1. The largest absolute Gasteiger partial charge is 0.381 e. The number of pyridine rings is 1. The lowest BCUT2D eigenvalue weighted by Gasteiger charge is -2.27. The number of ether oxygens (including phenoxy) is 1. The predicted molar refractivity (Wildman–Crippen MR) is 98.7 cm³/mol. The van der Waals surface area contributed by atoms with Crippen molar-refractivity contribution in [2.75, 3.05) is 44.3 Å². The van der Waals surface area contributed by atoms with E-state index in [2.05, 4.69) is 27.3 Å². The fraction of sp³-hybridized carbons (Fsp3) is 0.684. The minimum Gasteiger partial charge on any atom is -0.381 e. The number of aromatic nitrogens is 1. The standard InChI is InChI=1S/C19H30N4O2/c1-2-22(14-17-8-11-25-15-17)19(24)21-13-16-6-7-18(20-12-16)23-9-4-3-5-10-23/h6-7,12,17H,2-5,8-11,13-15H2,1H3,(H,21,24)/t17-/m1/s1. The summed E-state index contributed by atoms with van der Waals surface area (Å²) in [5.74, 6) is 1.52. The van der Waals surface area contributed by atoms with E-state index in [0.717, 1.165) is 50.7 Å². The molecular weight excluding hydrogens is 316 g/mol. The van der Waals surface area contributed by atoms with E-state index in [1.54, 1.807) is 0 Å². The van der Waals surface area contributed by atoms with E-state index in [1.165, 1.54) is 19.3 Å². The molecule has 0 aromatic carbocycles. The third-order valence-corrected chi connectivity index (χ3v) is 5.10. The predicted octanol–water partition coefficient (Wildman–Crippen LogP) is 2.64. The number of hydrogen-bond donors (Lipinski definition) is 1. The fourth-order valence-corrected chi connectivity index (χ4v) is 3.52. The van der Waals surface area contributed by atoms with Crippen LogP contribution in [-0.4, -0.2) is 55.3 Å². The summed E-state index contributed by atoms with van der Waals surface area (Å²) in [4.78, 5) is 21.2. The van der Waals surface area contributed by atoms with Crippen LogP contribution >= 0.6 is 0 Å². The third-order valence-electron chi connectivity index (χ3n) is 5.10. The average Bonchev–Trinajstić information content (AvgIpc) is 3.18. The molecule has 138 valence electrons. The summed E-state index contributed by atoms with van der Waals surface area (Å²) in [6.45, 7) is 7.81. The van der Waals surface area contributed by atoms with Gasteiger partial charge in [-0.3, -0.25) is 0 Å². The van der Waals surface area contributed by atoms with Crippen molar-refractivity contribution in [2.45, 2.75) is 39.2 Å². The van der Waals surface area contributed by atoms with E-state index in [4.69, 9.17) is 4.74 Å². The Balaban J connectivity index is 1.47. The Hall–Kier alpha value is -1.82. The quantitative estimate of drug-likeness (QED) is 0.860. The molecule has 0 aliphatic carbocycles. The summed E-state index contributed by atoms with van der Waals surface area (Å²) in [6.07, 6.45) is 6.75. The van der Waals surface area contributed by atoms with E-state index in [0.29, 0.717) is 19.0 Å². The summed E-state index contributed by atoms with van der Waals surface area (Å²) in [6, 6.07) is 4.13. The number of carbonyl (C=O) groups excluding carboxylic acids is 1. The van der Waals surface area contributed by atoms with Crippen LogP contribution in [0.5, 0.6) is 0 Å². The molecule has 6 nitrogen and oxygen atoms in total.